The van der Waals surface area contributed by atoms with E-state index in [1.165, 1.54) is 0 Å². The van der Waals surface area contributed by atoms with E-state index in [9.17, 15) is 4.79 Å². The summed E-state index contributed by atoms with van der Waals surface area (Å²) < 4.78 is 0. The summed E-state index contributed by atoms with van der Waals surface area (Å²) in [6.07, 6.45) is 0.418. The summed E-state index contributed by atoms with van der Waals surface area (Å²) in [5.74, 6) is -0.0798. The van der Waals surface area contributed by atoms with Crippen LogP contribution in [0.15, 0.2) is 60.7 Å². The van der Waals surface area contributed by atoms with Crippen LogP contribution in [0.3, 0.4) is 0 Å². The first-order valence-corrected chi connectivity index (χ1v) is 6.98. The zero-order chi connectivity index (χ0) is 13.7. The molecule has 0 saturated carbocycles. The third-order valence-corrected chi connectivity index (χ3v) is 3.72. The lowest BCUT2D eigenvalue weighted by molar-refractivity contribution is 0.0984. The summed E-state index contributed by atoms with van der Waals surface area (Å²) in [5.41, 5.74) is 1.61. The molecule has 0 radical (unpaired) electrons. The number of hydrogen-bond donors (Lipinski definition) is 0. The lowest BCUT2D eigenvalue weighted by Gasteiger charge is -2.13. The SMILES string of the molecule is O=C(c1ccccc1)C(Cl)CC(Cl)c1ccccc1. The Morgan fingerprint density at radius 1 is 0.895 bits per heavy atom. The number of halogens is 2. The van der Waals surface area contributed by atoms with E-state index < -0.39 is 5.38 Å². The van der Waals surface area contributed by atoms with Crippen LogP contribution in [0.25, 0.3) is 0 Å². The topological polar surface area (TPSA) is 17.1 Å². The van der Waals surface area contributed by atoms with Gasteiger partial charge in [0, 0.05) is 5.56 Å². The number of benzene rings is 2. The second-order valence-corrected chi connectivity index (χ2v) is 5.37. The molecule has 98 valence electrons. The zero-order valence-electron chi connectivity index (χ0n) is 10.3. The van der Waals surface area contributed by atoms with Crippen molar-refractivity contribution >= 4 is 29.0 Å². The number of ketones is 1. The van der Waals surface area contributed by atoms with Gasteiger partial charge in [0.25, 0.3) is 0 Å². The van der Waals surface area contributed by atoms with Gasteiger partial charge in [0.15, 0.2) is 5.78 Å². The van der Waals surface area contributed by atoms with E-state index in [2.05, 4.69) is 0 Å². The predicted molar refractivity (Wildman–Crippen MR) is 80.1 cm³/mol. The molecule has 0 amide bonds. The number of hydrogen-bond acceptors (Lipinski definition) is 1. The highest BCUT2D eigenvalue weighted by Gasteiger charge is 2.21. The van der Waals surface area contributed by atoms with Gasteiger partial charge in [-0.05, 0) is 12.0 Å². The second kappa shape index (κ2) is 6.74. The largest absolute Gasteiger partial charge is 0.293 e. The highest BCUT2D eigenvalue weighted by molar-refractivity contribution is 6.34. The van der Waals surface area contributed by atoms with E-state index in [1.807, 2.05) is 48.5 Å². The van der Waals surface area contributed by atoms with Crippen LogP contribution < -0.4 is 0 Å². The lowest BCUT2D eigenvalue weighted by Crippen LogP contribution is -2.16. The Morgan fingerprint density at radius 2 is 1.42 bits per heavy atom. The quantitative estimate of drug-likeness (QED) is 0.569. The molecule has 0 saturated heterocycles. The van der Waals surface area contributed by atoms with Crippen LogP contribution in [0.1, 0.15) is 27.7 Å². The average molecular weight is 293 g/mol. The molecule has 0 heterocycles. The average Bonchev–Trinajstić information content (AvgIpc) is 2.48. The van der Waals surface area contributed by atoms with E-state index in [0.717, 1.165) is 5.56 Å². The summed E-state index contributed by atoms with van der Waals surface area (Å²) in [7, 11) is 0. The Kier molecular flexibility index (Phi) is 5.00. The fraction of sp³-hybridized carbons (Fsp3) is 0.188. The summed E-state index contributed by atoms with van der Waals surface area (Å²) in [6, 6.07) is 18.7. The van der Waals surface area contributed by atoms with E-state index in [-0.39, 0.29) is 11.2 Å². The summed E-state index contributed by atoms with van der Waals surface area (Å²) in [5, 5.41) is -0.860. The van der Waals surface area contributed by atoms with Crippen LogP contribution >= 0.6 is 23.2 Å². The van der Waals surface area contributed by atoms with Gasteiger partial charge in [-0.2, -0.15) is 0 Å². The molecule has 0 spiro atoms. The molecule has 2 rings (SSSR count). The second-order valence-electron chi connectivity index (χ2n) is 4.31. The minimum Gasteiger partial charge on any atom is -0.293 e. The maximum Gasteiger partial charge on any atom is 0.180 e. The van der Waals surface area contributed by atoms with Crippen LogP contribution in [0, 0.1) is 0 Å². The molecule has 0 aliphatic carbocycles. The number of carbonyl (C=O) groups excluding carboxylic acids is 1. The van der Waals surface area contributed by atoms with Crippen molar-refractivity contribution in [3.05, 3.63) is 71.8 Å². The maximum absolute atomic E-state index is 12.1. The van der Waals surface area contributed by atoms with Crippen LogP contribution in [0.5, 0.6) is 0 Å². The molecular weight excluding hydrogens is 279 g/mol. The predicted octanol–water partition coefficient (Wildman–Crippen LogP) is 4.85. The normalized spacial score (nSPS) is 13.8. The lowest BCUT2D eigenvalue weighted by atomic mass is 10.0. The Balaban J connectivity index is 2.02. The van der Waals surface area contributed by atoms with Crippen molar-refractivity contribution in [1.82, 2.24) is 0 Å². The molecule has 0 fully saturated rings. The van der Waals surface area contributed by atoms with Crippen molar-refractivity contribution in [3.8, 4) is 0 Å². The molecule has 0 bridgehead atoms. The molecule has 2 aromatic rings. The fourth-order valence-corrected chi connectivity index (χ4v) is 2.59. The van der Waals surface area contributed by atoms with Gasteiger partial charge in [-0.25, -0.2) is 0 Å². The minimum absolute atomic E-state index is 0.0798. The Bertz CT molecular complexity index is 525. The molecule has 1 nitrogen and oxygen atoms in total. The van der Waals surface area contributed by atoms with E-state index >= 15 is 0 Å². The minimum atomic E-state index is -0.606. The third-order valence-electron chi connectivity index (χ3n) is 2.92. The monoisotopic (exact) mass is 292 g/mol. The van der Waals surface area contributed by atoms with Crippen molar-refractivity contribution in [2.45, 2.75) is 17.2 Å². The highest BCUT2D eigenvalue weighted by Crippen LogP contribution is 2.28. The van der Waals surface area contributed by atoms with Crippen molar-refractivity contribution in [1.29, 1.82) is 0 Å². The highest BCUT2D eigenvalue weighted by atomic mass is 35.5. The summed E-state index contributed by atoms with van der Waals surface area (Å²) >= 11 is 12.5. The Hall–Kier alpha value is -1.31. The van der Waals surface area contributed by atoms with Gasteiger partial charge < -0.3 is 0 Å². The molecule has 2 unspecified atom stereocenters. The molecule has 2 atom stereocenters. The molecule has 3 heteroatoms. The molecule has 2 aromatic carbocycles. The standard InChI is InChI=1S/C16H14Cl2O/c17-14(12-7-3-1-4-8-12)11-15(18)16(19)13-9-5-2-6-10-13/h1-10,14-15H,11H2. The van der Waals surface area contributed by atoms with Crippen molar-refractivity contribution in [2.24, 2.45) is 0 Å². The first-order valence-electron chi connectivity index (χ1n) is 6.11. The van der Waals surface area contributed by atoms with Gasteiger partial charge >= 0.3 is 0 Å². The first kappa shape index (κ1) is 14.1. The number of carbonyl (C=O) groups is 1. The van der Waals surface area contributed by atoms with E-state index in [4.69, 9.17) is 23.2 Å². The van der Waals surface area contributed by atoms with Crippen LogP contribution in [-0.2, 0) is 0 Å². The van der Waals surface area contributed by atoms with Crippen molar-refractivity contribution in [3.63, 3.8) is 0 Å². The van der Waals surface area contributed by atoms with Gasteiger partial charge in [-0.1, -0.05) is 60.7 Å². The van der Waals surface area contributed by atoms with Gasteiger partial charge in [-0.15, -0.1) is 23.2 Å². The summed E-state index contributed by atoms with van der Waals surface area (Å²) in [4.78, 5) is 12.1. The van der Waals surface area contributed by atoms with Gasteiger partial charge in [0.05, 0.1) is 10.8 Å². The Morgan fingerprint density at radius 3 is 2.00 bits per heavy atom. The molecule has 0 aromatic heterocycles. The fourth-order valence-electron chi connectivity index (χ4n) is 1.87. The van der Waals surface area contributed by atoms with Crippen LogP contribution in [-0.4, -0.2) is 11.2 Å². The smallest absolute Gasteiger partial charge is 0.180 e. The van der Waals surface area contributed by atoms with Gasteiger partial charge in [-0.3, -0.25) is 4.79 Å². The number of rotatable bonds is 5. The summed E-state index contributed by atoms with van der Waals surface area (Å²) in [6.45, 7) is 0. The zero-order valence-corrected chi connectivity index (χ0v) is 11.8. The maximum atomic E-state index is 12.1. The molecular formula is C16H14Cl2O. The molecule has 0 aliphatic rings. The van der Waals surface area contributed by atoms with Crippen molar-refractivity contribution in [2.75, 3.05) is 0 Å². The van der Waals surface area contributed by atoms with E-state index in [1.54, 1.807) is 12.1 Å². The van der Waals surface area contributed by atoms with Crippen LogP contribution in [0.4, 0.5) is 0 Å². The van der Waals surface area contributed by atoms with Crippen LogP contribution in [0.2, 0.25) is 0 Å². The Labute approximate surface area is 123 Å². The molecule has 0 aliphatic heterocycles. The molecule has 19 heavy (non-hydrogen) atoms. The number of alkyl halides is 2. The number of Topliss-reactive ketones (excluding diaryl/α,β-unsaturated/α-hetero) is 1. The first-order chi connectivity index (χ1) is 9.18. The molecule has 0 N–H and O–H groups in total. The third kappa shape index (κ3) is 3.82. The van der Waals surface area contributed by atoms with E-state index in [0.29, 0.717) is 12.0 Å². The van der Waals surface area contributed by atoms with Gasteiger partial charge in [0.1, 0.15) is 0 Å². The van der Waals surface area contributed by atoms with Crippen molar-refractivity contribution < 1.29 is 4.79 Å². The van der Waals surface area contributed by atoms with Gasteiger partial charge in [0.2, 0.25) is 0 Å².